The van der Waals surface area contributed by atoms with Gasteiger partial charge in [0.25, 0.3) is 0 Å². The molecule has 18 heavy (non-hydrogen) atoms. The second-order valence-electron chi connectivity index (χ2n) is 4.18. The molecule has 0 bridgehead atoms. The summed E-state index contributed by atoms with van der Waals surface area (Å²) in [7, 11) is -3.09. The third kappa shape index (κ3) is 5.62. The van der Waals surface area contributed by atoms with Gasteiger partial charge in [-0.05, 0) is 18.9 Å². The van der Waals surface area contributed by atoms with Gasteiger partial charge < -0.3 is 10.5 Å². The molecular formula is C13H21NO3S. The summed E-state index contributed by atoms with van der Waals surface area (Å²) >= 11 is 0. The Morgan fingerprint density at radius 2 is 1.94 bits per heavy atom. The van der Waals surface area contributed by atoms with Crippen molar-refractivity contribution in [1.82, 2.24) is 0 Å². The quantitative estimate of drug-likeness (QED) is 0.775. The SMILES string of the molecule is CCOC(CN)CCS(=O)(=O)Cc1ccccc1. The van der Waals surface area contributed by atoms with E-state index in [9.17, 15) is 8.42 Å². The fraction of sp³-hybridized carbons (Fsp3) is 0.538. The first-order chi connectivity index (χ1) is 8.57. The Bertz CT molecular complexity index is 431. The monoisotopic (exact) mass is 271 g/mol. The van der Waals surface area contributed by atoms with Crippen molar-refractivity contribution in [3.05, 3.63) is 35.9 Å². The van der Waals surface area contributed by atoms with E-state index in [0.717, 1.165) is 5.56 Å². The van der Waals surface area contributed by atoms with Gasteiger partial charge in [-0.3, -0.25) is 0 Å². The van der Waals surface area contributed by atoms with E-state index in [-0.39, 0.29) is 17.6 Å². The van der Waals surface area contributed by atoms with Crippen LogP contribution in [0.1, 0.15) is 18.9 Å². The smallest absolute Gasteiger partial charge is 0.154 e. The summed E-state index contributed by atoms with van der Waals surface area (Å²) in [4.78, 5) is 0. The number of hydrogen-bond acceptors (Lipinski definition) is 4. The zero-order valence-electron chi connectivity index (χ0n) is 10.7. The molecule has 0 saturated heterocycles. The van der Waals surface area contributed by atoms with Gasteiger partial charge in [-0.25, -0.2) is 8.42 Å². The van der Waals surface area contributed by atoms with Crippen LogP contribution in [-0.2, 0) is 20.3 Å². The lowest BCUT2D eigenvalue weighted by molar-refractivity contribution is 0.0671. The minimum absolute atomic E-state index is 0.0806. The molecule has 0 aliphatic carbocycles. The molecule has 1 rings (SSSR count). The summed E-state index contributed by atoms with van der Waals surface area (Å²) in [5.41, 5.74) is 6.34. The van der Waals surface area contributed by atoms with E-state index in [1.807, 2.05) is 37.3 Å². The minimum atomic E-state index is -3.09. The summed E-state index contributed by atoms with van der Waals surface area (Å²) in [5.74, 6) is 0.195. The van der Waals surface area contributed by atoms with Gasteiger partial charge in [-0.1, -0.05) is 30.3 Å². The van der Waals surface area contributed by atoms with Crippen molar-refractivity contribution in [2.24, 2.45) is 5.73 Å². The Morgan fingerprint density at radius 1 is 1.28 bits per heavy atom. The standard InChI is InChI=1S/C13H21NO3S/c1-2-17-13(10-14)8-9-18(15,16)11-12-6-4-3-5-7-12/h3-7,13H,2,8-11,14H2,1H3. The topological polar surface area (TPSA) is 69.4 Å². The largest absolute Gasteiger partial charge is 0.377 e. The van der Waals surface area contributed by atoms with Crippen molar-refractivity contribution in [1.29, 1.82) is 0 Å². The summed E-state index contributed by atoms with van der Waals surface area (Å²) in [5, 5.41) is 0. The van der Waals surface area contributed by atoms with Crippen LogP contribution < -0.4 is 5.73 Å². The van der Waals surface area contributed by atoms with Crippen molar-refractivity contribution < 1.29 is 13.2 Å². The molecule has 0 saturated carbocycles. The zero-order chi connectivity index (χ0) is 13.4. The molecule has 1 aromatic rings. The van der Waals surface area contributed by atoms with Crippen molar-refractivity contribution in [2.75, 3.05) is 18.9 Å². The lowest BCUT2D eigenvalue weighted by Gasteiger charge is -2.14. The van der Waals surface area contributed by atoms with E-state index in [0.29, 0.717) is 19.6 Å². The van der Waals surface area contributed by atoms with E-state index in [2.05, 4.69) is 0 Å². The molecule has 0 radical (unpaired) electrons. The average molecular weight is 271 g/mol. The van der Waals surface area contributed by atoms with Crippen molar-refractivity contribution in [3.63, 3.8) is 0 Å². The van der Waals surface area contributed by atoms with Gasteiger partial charge in [0.05, 0.1) is 17.6 Å². The molecule has 102 valence electrons. The maximum atomic E-state index is 11.9. The Balaban J connectivity index is 2.50. The van der Waals surface area contributed by atoms with Crippen LogP contribution in [0, 0.1) is 0 Å². The normalized spacial score (nSPS) is 13.4. The molecule has 1 unspecified atom stereocenters. The first-order valence-electron chi connectivity index (χ1n) is 6.13. The highest BCUT2D eigenvalue weighted by atomic mass is 32.2. The molecule has 0 amide bonds. The molecule has 0 aliphatic rings. The Labute approximate surface area is 109 Å². The molecule has 0 aliphatic heterocycles. The van der Waals surface area contributed by atoms with Gasteiger partial charge in [-0.2, -0.15) is 0 Å². The van der Waals surface area contributed by atoms with Crippen LogP contribution in [0.2, 0.25) is 0 Å². The maximum absolute atomic E-state index is 11.9. The van der Waals surface area contributed by atoms with Crippen molar-refractivity contribution in [2.45, 2.75) is 25.2 Å². The molecule has 4 nitrogen and oxygen atoms in total. The lowest BCUT2D eigenvalue weighted by atomic mass is 10.2. The van der Waals surface area contributed by atoms with E-state index in [4.69, 9.17) is 10.5 Å². The highest BCUT2D eigenvalue weighted by molar-refractivity contribution is 7.90. The third-order valence-electron chi connectivity index (χ3n) is 2.65. The summed E-state index contributed by atoms with van der Waals surface area (Å²) in [6.07, 6.45) is 0.292. The Hall–Kier alpha value is -0.910. The predicted molar refractivity (Wildman–Crippen MR) is 73.0 cm³/mol. The van der Waals surface area contributed by atoms with E-state index in [1.165, 1.54) is 0 Å². The highest BCUT2D eigenvalue weighted by Gasteiger charge is 2.15. The fourth-order valence-corrected chi connectivity index (χ4v) is 3.18. The lowest BCUT2D eigenvalue weighted by Crippen LogP contribution is -2.26. The third-order valence-corrected chi connectivity index (χ3v) is 4.28. The molecule has 5 heteroatoms. The van der Waals surface area contributed by atoms with E-state index < -0.39 is 9.84 Å². The van der Waals surface area contributed by atoms with Crippen LogP contribution in [0.5, 0.6) is 0 Å². The highest BCUT2D eigenvalue weighted by Crippen LogP contribution is 2.09. The van der Waals surface area contributed by atoms with Crippen LogP contribution in [0.4, 0.5) is 0 Å². The van der Waals surface area contributed by atoms with Gasteiger partial charge >= 0.3 is 0 Å². The fourth-order valence-electron chi connectivity index (χ4n) is 1.72. The summed E-state index contributed by atoms with van der Waals surface area (Å²) in [6, 6.07) is 9.19. The van der Waals surface area contributed by atoms with Crippen LogP contribution >= 0.6 is 0 Å². The van der Waals surface area contributed by atoms with Gasteiger partial charge in [0.2, 0.25) is 0 Å². The first kappa shape index (κ1) is 15.1. The summed E-state index contributed by atoms with van der Waals surface area (Å²) < 4.78 is 29.2. The number of benzene rings is 1. The number of rotatable bonds is 8. The molecule has 1 aromatic carbocycles. The Morgan fingerprint density at radius 3 is 2.50 bits per heavy atom. The molecule has 2 N–H and O–H groups in total. The molecule has 0 aromatic heterocycles. The van der Waals surface area contributed by atoms with Gasteiger partial charge in [-0.15, -0.1) is 0 Å². The molecule has 0 spiro atoms. The van der Waals surface area contributed by atoms with Crippen LogP contribution in [0.3, 0.4) is 0 Å². The van der Waals surface area contributed by atoms with Gasteiger partial charge in [0, 0.05) is 13.2 Å². The van der Waals surface area contributed by atoms with Crippen LogP contribution in [-0.4, -0.2) is 33.4 Å². The second-order valence-corrected chi connectivity index (χ2v) is 6.36. The molecule has 0 heterocycles. The number of ether oxygens (including phenoxy) is 1. The van der Waals surface area contributed by atoms with Gasteiger partial charge in [0.15, 0.2) is 9.84 Å². The average Bonchev–Trinajstić information content (AvgIpc) is 2.35. The Kier molecular flexibility index (Phi) is 6.32. The predicted octanol–water partition coefficient (Wildman–Crippen LogP) is 1.36. The number of sulfone groups is 1. The van der Waals surface area contributed by atoms with Crippen molar-refractivity contribution >= 4 is 9.84 Å². The molecular weight excluding hydrogens is 250 g/mol. The van der Waals surface area contributed by atoms with E-state index in [1.54, 1.807) is 0 Å². The molecule has 0 fully saturated rings. The zero-order valence-corrected chi connectivity index (χ0v) is 11.5. The van der Waals surface area contributed by atoms with Gasteiger partial charge in [0.1, 0.15) is 0 Å². The second kappa shape index (κ2) is 7.51. The van der Waals surface area contributed by atoms with Crippen LogP contribution in [0.15, 0.2) is 30.3 Å². The number of nitrogens with two attached hydrogens (primary N) is 1. The van der Waals surface area contributed by atoms with Crippen LogP contribution in [0.25, 0.3) is 0 Å². The minimum Gasteiger partial charge on any atom is -0.377 e. The molecule has 1 atom stereocenters. The van der Waals surface area contributed by atoms with Crippen molar-refractivity contribution in [3.8, 4) is 0 Å². The summed E-state index contributed by atoms with van der Waals surface area (Å²) in [6.45, 7) is 2.79. The first-order valence-corrected chi connectivity index (χ1v) is 7.95. The van der Waals surface area contributed by atoms with E-state index >= 15 is 0 Å². The maximum Gasteiger partial charge on any atom is 0.154 e. The number of hydrogen-bond donors (Lipinski definition) is 1.